The van der Waals surface area contributed by atoms with Gasteiger partial charge < -0.3 is 10.6 Å². The van der Waals surface area contributed by atoms with Crippen LogP contribution in [0.5, 0.6) is 0 Å². The third-order valence-corrected chi connectivity index (χ3v) is 3.94. The van der Waals surface area contributed by atoms with E-state index >= 15 is 0 Å². The maximum atomic E-state index is 11.7. The topological polar surface area (TPSA) is 87.3 Å². The molecule has 1 aromatic rings. The van der Waals surface area contributed by atoms with Crippen LogP contribution in [-0.4, -0.2) is 33.8 Å². The van der Waals surface area contributed by atoms with Gasteiger partial charge >= 0.3 is 6.03 Å². The first-order valence-electron chi connectivity index (χ1n) is 6.52. The first-order chi connectivity index (χ1) is 9.46. The zero-order valence-electron chi connectivity index (χ0n) is 11.3. The Morgan fingerprint density at radius 3 is 2.80 bits per heavy atom. The molecule has 0 fully saturated rings. The Balaban J connectivity index is 1.76. The molecule has 0 bridgehead atoms. The molecule has 0 aliphatic heterocycles. The first-order valence-corrected chi connectivity index (χ1v) is 8.41. The van der Waals surface area contributed by atoms with E-state index in [0.29, 0.717) is 0 Å². The van der Waals surface area contributed by atoms with Gasteiger partial charge in [0, 0.05) is 13.1 Å². The molecular formula is C13H19N3O3S. The highest BCUT2D eigenvalue weighted by Crippen LogP contribution is 2.30. The van der Waals surface area contributed by atoms with Gasteiger partial charge in [-0.3, -0.25) is 0 Å². The third-order valence-electron chi connectivity index (χ3n) is 3.21. The molecule has 110 valence electrons. The van der Waals surface area contributed by atoms with E-state index in [1.54, 1.807) is 0 Å². The van der Waals surface area contributed by atoms with Crippen molar-refractivity contribution in [2.24, 2.45) is 0 Å². The largest absolute Gasteiger partial charge is 0.337 e. The van der Waals surface area contributed by atoms with E-state index < -0.39 is 10.0 Å². The molecule has 0 heterocycles. The Labute approximate surface area is 119 Å². The SMILES string of the molecule is CS(=O)(=O)NCCNC(=O)N[C@@H]1CCc2ccccc21. The summed E-state index contributed by atoms with van der Waals surface area (Å²) in [5, 5.41) is 5.54. The highest BCUT2D eigenvalue weighted by molar-refractivity contribution is 7.88. The van der Waals surface area contributed by atoms with Crippen molar-refractivity contribution in [3.8, 4) is 0 Å². The molecule has 2 amide bonds. The average molecular weight is 297 g/mol. The quantitative estimate of drug-likeness (QED) is 0.693. The van der Waals surface area contributed by atoms with Crippen molar-refractivity contribution < 1.29 is 13.2 Å². The van der Waals surface area contributed by atoms with Crippen LogP contribution in [0, 0.1) is 0 Å². The van der Waals surface area contributed by atoms with Gasteiger partial charge in [0.2, 0.25) is 10.0 Å². The lowest BCUT2D eigenvalue weighted by molar-refractivity contribution is 0.237. The lowest BCUT2D eigenvalue weighted by Crippen LogP contribution is -2.41. The fourth-order valence-corrected chi connectivity index (χ4v) is 2.80. The van der Waals surface area contributed by atoms with Gasteiger partial charge in [0.25, 0.3) is 0 Å². The standard InChI is InChI=1S/C13H19N3O3S/c1-20(18,19)15-9-8-14-13(17)16-12-7-6-10-4-2-3-5-11(10)12/h2-5,12,15H,6-9H2,1H3,(H2,14,16,17)/t12-/m1/s1. The molecule has 2 rings (SSSR count). The van der Waals surface area contributed by atoms with Crippen molar-refractivity contribution >= 4 is 16.1 Å². The van der Waals surface area contributed by atoms with Gasteiger partial charge in [-0.15, -0.1) is 0 Å². The molecule has 1 atom stereocenters. The second-order valence-electron chi connectivity index (χ2n) is 4.86. The fourth-order valence-electron chi connectivity index (χ4n) is 2.33. The van der Waals surface area contributed by atoms with Gasteiger partial charge in [0.15, 0.2) is 0 Å². The van der Waals surface area contributed by atoms with Crippen molar-refractivity contribution in [3.63, 3.8) is 0 Å². The minimum Gasteiger partial charge on any atom is -0.337 e. The minimum atomic E-state index is -3.21. The number of hydrogen-bond donors (Lipinski definition) is 3. The maximum Gasteiger partial charge on any atom is 0.315 e. The number of urea groups is 1. The van der Waals surface area contributed by atoms with Crippen LogP contribution in [0.2, 0.25) is 0 Å². The van der Waals surface area contributed by atoms with E-state index in [2.05, 4.69) is 21.4 Å². The van der Waals surface area contributed by atoms with Gasteiger partial charge in [0.1, 0.15) is 0 Å². The molecule has 3 N–H and O–H groups in total. The number of carbonyl (C=O) groups excluding carboxylic acids is 1. The Hall–Kier alpha value is -1.60. The predicted octanol–water partition coefficient (Wildman–Crippen LogP) is 0.522. The smallest absolute Gasteiger partial charge is 0.315 e. The molecule has 0 spiro atoms. The van der Waals surface area contributed by atoms with Gasteiger partial charge in [0.05, 0.1) is 12.3 Å². The number of nitrogens with one attached hydrogen (secondary N) is 3. The Bertz CT molecular complexity index is 586. The van der Waals surface area contributed by atoms with Crippen LogP contribution in [0.1, 0.15) is 23.6 Å². The van der Waals surface area contributed by atoms with E-state index in [1.165, 1.54) is 5.56 Å². The molecule has 6 nitrogen and oxygen atoms in total. The lowest BCUT2D eigenvalue weighted by atomic mass is 10.1. The van der Waals surface area contributed by atoms with Crippen LogP contribution in [-0.2, 0) is 16.4 Å². The van der Waals surface area contributed by atoms with E-state index in [9.17, 15) is 13.2 Å². The van der Waals surface area contributed by atoms with Crippen LogP contribution in [0.3, 0.4) is 0 Å². The molecule has 1 aliphatic carbocycles. The number of aryl methyl sites for hydroxylation is 1. The van der Waals surface area contributed by atoms with Gasteiger partial charge in [-0.1, -0.05) is 24.3 Å². The number of fused-ring (bicyclic) bond motifs is 1. The highest BCUT2D eigenvalue weighted by Gasteiger charge is 2.22. The second kappa shape index (κ2) is 6.23. The third kappa shape index (κ3) is 4.21. The molecule has 0 saturated carbocycles. The van der Waals surface area contributed by atoms with Gasteiger partial charge in [-0.05, 0) is 24.0 Å². The fraction of sp³-hybridized carbons (Fsp3) is 0.462. The monoisotopic (exact) mass is 297 g/mol. The highest BCUT2D eigenvalue weighted by atomic mass is 32.2. The van der Waals surface area contributed by atoms with Crippen LogP contribution in [0.25, 0.3) is 0 Å². The van der Waals surface area contributed by atoms with Crippen molar-refractivity contribution in [2.75, 3.05) is 19.3 Å². The first kappa shape index (κ1) is 14.8. The Morgan fingerprint density at radius 1 is 1.30 bits per heavy atom. The number of rotatable bonds is 5. The zero-order valence-corrected chi connectivity index (χ0v) is 12.2. The minimum absolute atomic E-state index is 0.0362. The summed E-state index contributed by atoms with van der Waals surface area (Å²) in [5.41, 5.74) is 2.44. The summed E-state index contributed by atoms with van der Waals surface area (Å²) in [7, 11) is -3.21. The summed E-state index contributed by atoms with van der Waals surface area (Å²) in [4.78, 5) is 11.7. The summed E-state index contributed by atoms with van der Waals surface area (Å²) < 4.78 is 24.0. The molecule has 0 saturated heterocycles. The van der Waals surface area contributed by atoms with E-state index in [-0.39, 0.29) is 25.2 Å². The predicted molar refractivity (Wildman–Crippen MR) is 76.9 cm³/mol. The summed E-state index contributed by atoms with van der Waals surface area (Å²) in [5.74, 6) is 0. The normalized spacial score (nSPS) is 17.6. The molecule has 0 aromatic heterocycles. The van der Waals surface area contributed by atoms with E-state index in [4.69, 9.17) is 0 Å². The van der Waals surface area contributed by atoms with Crippen molar-refractivity contribution in [1.29, 1.82) is 0 Å². The maximum absolute atomic E-state index is 11.7. The number of sulfonamides is 1. The Morgan fingerprint density at radius 2 is 2.05 bits per heavy atom. The lowest BCUT2D eigenvalue weighted by Gasteiger charge is -2.14. The summed E-state index contributed by atoms with van der Waals surface area (Å²) >= 11 is 0. The molecule has 1 aromatic carbocycles. The number of carbonyl (C=O) groups is 1. The number of amides is 2. The second-order valence-corrected chi connectivity index (χ2v) is 6.69. The molecular weight excluding hydrogens is 278 g/mol. The van der Waals surface area contributed by atoms with E-state index in [0.717, 1.165) is 24.7 Å². The Kier molecular flexibility index (Phi) is 4.61. The molecule has 0 radical (unpaired) electrons. The van der Waals surface area contributed by atoms with Crippen LogP contribution < -0.4 is 15.4 Å². The molecule has 7 heteroatoms. The average Bonchev–Trinajstić information content (AvgIpc) is 2.77. The van der Waals surface area contributed by atoms with Crippen LogP contribution in [0.4, 0.5) is 4.79 Å². The van der Waals surface area contributed by atoms with Crippen LogP contribution in [0.15, 0.2) is 24.3 Å². The molecule has 0 unspecified atom stereocenters. The van der Waals surface area contributed by atoms with Gasteiger partial charge in [-0.25, -0.2) is 17.9 Å². The number of benzene rings is 1. The van der Waals surface area contributed by atoms with Gasteiger partial charge in [-0.2, -0.15) is 0 Å². The zero-order chi connectivity index (χ0) is 14.6. The van der Waals surface area contributed by atoms with E-state index in [1.807, 2.05) is 18.2 Å². The molecule has 20 heavy (non-hydrogen) atoms. The molecule has 1 aliphatic rings. The summed E-state index contributed by atoms with van der Waals surface area (Å²) in [6.45, 7) is 0.445. The van der Waals surface area contributed by atoms with Crippen molar-refractivity contribution in [3.05, 3.63) is 35.4 Å². The summed E-state index contributed by atoms with van der Waals surface area (Å²) in [6.07, 6.45) is 2.95. The number of hydrogen-bond acceptors (Lipinski definition) is 3. The van der Waals surface area contributed by atoms with Crippen molar-refractivity contribution in [1.82, 2.24) is 15.4 Å². The summed E-state index contributed by atoms with van der Waals surface area (Å²) in [6, 6.07) is 7.82. The van der Waals surface area contributed by atoms with Crippen LogP contribution >= 0.6 is 0 Å². The van der Waals surface area contributed by atoms with Crippen molar-refractivity contribution in [2.45, 2.75) is 18.9 Å².